The van der Waals surface area contributed by atoms with E-state index in [0.29, 0.717) is 68.7 Å². The van der Waals surface area contributed by atoms with Crippen LogP contribution in [0.5, 0.6) is 11.5 Å². The number of urea groups is 2. The van der Waals surface area contributed by atoms with Crippen molar-refractivity contribution in [1.82, 2.24) is 67.3 Å². The minimum atomic E-state index is -1.04. The number of fused-ring (bicyclic) bond motifs is 1. The third-order valence-corrected chi connectivity index (χ3v) is 15.5. The van der Waals surface area contributed by atoms with Gasteiger partial charge < -0.3 is 68.1 Å². The summed E-state index contributed by atoms with van der Waals surface area (Å²) in [5.41, 5.74) is 11.5. The highest BCUT2D eigenvalue weighted by Gasteiger charge is 2.29. The lowest BCUT2D eigenvalue weighted by atomic mass is 9.90. The van der Waals surface area contributed by atoms with Gasteiger partial charge in [0.25, 0.3) is 0 Å². The molecule has 8 amide bonds. The number of aromatic hydroxyl groups is 1. The van der Waals surface area contributed by atoms with Gasteiger partial charge in [-0.1, -0.05) is 97.9 Å². The van der Waals surface area contributed by atoms with Crippen molar-refractivity contribution in [3.8, 4) is 11.5 Å². The molecule has 1 saturated heterocycles. The maximum Gasteiger partial charge on any atom is 0.344 e. The molecule has 0 unspecified atom stereocenters. The van der Waals surface area contributed by atoms with E-state index in [0.717, 1.165) is 21.9 Å². The predicted molar refractivity (Wildman–Crippen MR) is 359 cm³/mol. The summed E-state index contributed by atoms with van der Waals surface area (Å²) in [5, 5.41) is 61.9. The van der Waals surface area contributed by atoms with Crippen LogP contribution in [0.2, 0.25) is 0 Å². The minimum Gasteiger partial charge on any atom is -0.508 e. The molecule has 518 valence electrons. The molecule has 0 spiro atoms. The van der Waals surface area contributed by atoms with E-state index in [4.69, 9.17) is 10.5 Å². The number of carboxylic acids is 3. The van der Waals surface area contributed by atoms with E-state index < -0.39 is 59.7 Å². The van der Waals surface area contributed by atoms with E-state index in [1.807, 2.05) is 77.7 Å². The van der Waals surface area contributed by atoms with Crippen molar-refractivity contribution < 1.29 is 68.3 Å². The van der Waals surface area contributed by atoms with Crippen LogP contribution in [-0.4, -0.2) is 229 Å². The number of rotatable bonds is 34. The average Bonchev–Trinajstić information content (AvgIpc) is 0.860. The fourth-order valence-electron chi connectivity index (χ4n) is 10.4. The molecule has 6 rings (SSSR count). The average molecular weight is 1330 g/mol. The Morgan fingerprint density at radius 1 is 0.573 bits per heavy atom. The number of benzene rings is 5. The molecule has 2 atom stereocenters. The Bertz CT molecular complexity index is 3330. The van der Waals surface area contributed by atoms with Crippen molar-refractivity contribution in [2.75, 3.05) is 118 Å². The Labute approximate surface area is 558 Å². The summed E-state index contributed by atoms with van der Waals surface area (Å²) >= 11 is 0. The number of phenols is 1. The van der Waals surface area contributed by atoms with Gasteiger partial charge in [-0.3, -0.25) is 58.6 Å². The highest BCUT2D eigenvalue weighted by atomic mass is 16.5. The SMILES string of the molecule is CCC(=O)NCCNC(=O)/N=C(/N)NCCC[C@@H](NC(=O)[C@@H](c1ccccc1)c1cccc(OCCCCNC(=O)N(Cc2ccc3ccccc3c2)NC(=O)CCNCN2CCN(CC(=O)O)CCN(CC(=O)O)CCN(CC(=O)O)CC2)c1)C(=O)NCc1ccc(O)cc1. The maximum absolute atomic E-state index is 14.6. The Kier molecular flexibility index (Phi) is 32.1. The quantitative estimate of drug-likeness (QED) is 0.0121. The monoisotopic (exact) mass is 1330 g/mol. The number of hydrazine groups is 1. The van der Waals surface area contributed by atoms with Crippen LogP contribution >= 0.6 is 0 Å². The number of hydrogen-bond acceptors (Lipinski definition) is 16. The van der Waals surface area contributed by atoms with Gasteiger partial charge in [0, 0.05) is 111 Å². The van der Waals surface area contributed by atoms with Crippen molar-refractivity contribution in [3.63, 3.8) is 0 Å². The molecule has 29 heteroatoms. The topological polar surface area (TPSA) is 395 Å². The lowest BCUT2D eigenvalue weighted by Crippen LogP contribution is -2.51. The lowest BCUT2D eigenvalue weighted by Gasteiger charge is -2.33. The van der Waals surface area contributed by atoms with Crippen LogP contribution < -0.4 is 53.1 Å². The van der Waals surface area contributed by atoms with Gasteiger partial charge in [-0.15, -0.1) is 0 Å². The molecular formula is C67H91N15O14. The van der Waals surface area contributed by atoms with Crippen molar-refractivity contribution >= 4 is 70.3 Å². The largest absolute Gasteiger partial charge is 0.508 e. The van der Waals surface area contributed by atoms with Gasteiger partial charge in [-0.25, -0.2) is 14.6 Å². The number of unbranched alkanes of at least 4 members (excludes halogenated alkanes) is 1. The van der Waals surface area contributed by atoms with Crippen molar-refractivity contribution in [3.05, 3.63) is 144 Å². The Balaban J connectivity index is 1.04. The first kappa shape index (κ1) is 75.1. The van der Waals surface area contributed by atoms with Gasteiger partial charge in [0.05, 0.1) is 38.7 Å². The molecule has 0 aliphatic carbocycles. The number of carboxylic acid groups (broad SMARTS) is 3. The third-order valence-electron chi connectivity index (χ3n) is 15.5. The van der Waals surface area contributed by atoms with E-state index in [1.54, 1.807) is 58.0 Å². The van der Waals surface area contributed by atoms with Gasteiger partial charge in [-0.2, -0.15) is 4.99 Å². The van der Waals surface area contributed by atoms with Gasteiger partial charge in [0.1, 0.15) is 17.5 Å². The van der Waals surface area contributed by atoms with E-state index in [-0.39, 0.29) is 135 Å². The summed E-state index contributed by atoms with van der Waals surface area (Å²) < 4.78 is 6.22. The van der Waals surface area contributed by atoms with Crippen LogP contribution in [-0.2, 0) is 46.7 Å². The van der Waals surface area contributed by atoms with Gasteiger partial charge in [0.2, 0.25) is 23.6 Å². The maximum atomic E-state index is 14.6. The van der Waals surface area contributed by atoms with E-state index in [1.165, 1.54) is 17.1 Å². The molecule has 14 N–H and O–H groups in total. The number of aliphatic imine (C=N–C) groups is 1. The molecule has 1 fully saturated rings. The van der Waals surface area contributed by atoms with Crippen LogP contribution in [0, 0.1) is 0 Å². The van der Waals surface area contributed by atoms with Crippen LogP contribution in [0.1, 0.15) is 73.6 Å². The zero-order chi connectivity index (χ0) is 69.0. The molecule has 5 aromatic rings. The number of aliphatic carboxylic acids is 3. The number of carbonyl (C=O) groups excluding carboxylic acids is 6. The second-order valence-electron chi connectivity index (χ2n) is 23.0. The zero-order valence-corrected chi connectivity index (χ0v) is 54.2. The summed E-state index contributed by atoms with van der Waals surface area (Å²) in [7, 11) is 0. The second kappa shape index (κ2) is 41.0. The molecule has 29 nitrogen and oxygen atoms in total. The summed E-state index contributed by atoms with van der Waals surface area (Å²) in [5.74, 6) is -5.12. The number of phenolic OH excluding ortho intramolecular Hbond substituents is 1. The number of nitrogens with one attached hydrogen (secondary N) is 8. The standard InChI is InChI=1S/C67H91N15O14/c1-2-57(84)70-29-30-72-66(94)76-65(68)71-27-11-18-56(63(92)74-42-48-20-23-54(83)24-21-48)75-64(93)62(51-13-4-3-5-14-51)53-16-10-17-55(41-53)96-39-9-8-26-73-67(95)82(43-49-19-22-50-12-6-7-15-52(50)40-49)77-58(85)25-28-69-47-81-37-35-79(45-60(88)89)33-31-78(44-59(86)87)32-34-80(36-38-81)46-61(90)91/h3-7,10,12-17,19-24,40-41,56,62,69,83H,2,8-9,11,18,25-39,42-47H2,1H3,(H,70,84)(H,73,95)(H,74,92)(H,75,93)(H,77,85)(H,86,87)(H,88,89)(H,90,91)(H4,68,71,72,76,94)/t56-,62+/m1/s1. The highest BCUT2D eigenvalue weighted by molar-refractivity contribution is 5.93. The van der Waals surface area contributed by atoms with Crippen molar-refractivity contribution in [2.45, 2.75) is 70.5 Å². The summed E-state index contributed by atoms with van der Waals surface area (Å²) in [6, 6.07) is 33.8. The van der Waals surface area contributed by atoms with E-state index in [2.05, 4.69) is 47.6 Å². The summed E-state index contributed by atoms with van der Waals surface area (Å²) in [6.45, 7) is 5.17. The highest BCUT2D eigenvalue weighted by Crippen LogP contribution is 2.29. The molecule has 0 bridgehead atoms. The van der Waals surface area contributed by atoms with Crippen LogP contribution in [0.15, 0.2) is 126 Å². The predicted octanol–water partition coefficient (Wildman–Crippen LogP) is 2.21. The van der Waals surface area contributed by atoms with Crippen LogP contribution in [0.4, 0.5) is 9.59 Å². The fourth-order valence-corrected chi connectivity index (χ4v) is 10.4. The summed E-state index contributed by atoms with van der Waals surface area (Å²) in [4.78, 5) is 126. The van der Waals surface area contributed by atoms with Crippen LogP contribution in [0.3, 0.4) is 0 Å². The third kappa shape index (κ3) is 28.3. The first-order chi connectivity index (χ1) is 46.3. The number of hydrogen-bond donors (Lipinski definition) is 13. The Morgan fingerprint density at radius 3 is 1.81 bits per heavy atom. The van der Waals surface area contributed by atoms with Crippen molar-refractivity contribution in [2.24, 2.45) is 10.7 Å². The number of amides is 8. The number of ether oxygens (including phenoxy) is 1. The van der Waals surface area contributed by atoms with Crippen LogP contribution in [0.25, 0.3) is 10.8 Å². The number of guanidine groups is 1. The van der Waals surface area contributed by atoms with Crippen molar-refractivity contribution in [1.29, 1.82) is 0 Å². The molecule has 0 radical (unpaired) electrons. The molecule has 0 saturated carbocycles. The molecule has 1 aliphatic heterocycles. The molecule has 0 aromatic heterocycles. The van der Waals surface area contributed by atoms with Gasteiger partial charge >= 0.3 is 30.0 Å². The van der Waals surface area contributed by atoms with Gasteiger partial charge in [-0.05, 0) is 89.0 Å². The lowest BCUT2D eigenvalue weighted by molar-refractivity contribution is -0.140. The van der Waals surface area contributed by atoms with Gasteiger partial charge in [0.15, 0.2) is 5.96 Å². The first-order valence-electron chi connectivity index (χ1n) is 32.1. The minimum absolute atomic E-state index is 0.0258. The first-order valence-corrected chi connectivity index (χ1v) is 32.1. The smallest absolute Gasteiger partial charge is 0.344 e. The van der Waals surface area contributed by atoms with E-state index in [9.17, 15) is 63.6 Å². The summed E-state index contributed by atoms with van der Waals surface area (Å²) in [6.07, 6.45) is 1.75. The number of nitrogens with zero attached hydrogens (tertiary/aromatic N) is 6. The molecular weight excluding hydrogens is 1240 g/mol. The fraction of sp³-hybridized carbons (Fsp3) is 0.433. The molecule has 5 aromatic carbocycles. The molecule has 96 heavy (non-hydrogen) atoms. The Hall–Kier alpha value is -9.94. The normalized spacial score (nSPS) is 14.3. The molecule has 1 heterocycles. The number of carbonyl (C=O) groups is 9. The molecule has 1 aliphatic rings. The Morgan fingerprint density at radius 2 is 1.17 bits per heavy atom. The second-order valence-corrected chi connectivity index (χ2v) is 23.0. The van der Waals surface area contributed by atoms with E-state index >= 15 is 0 Å². The zero-order valence-electron chi connectivity index (χ0n) is 54.2. The number of nitrogens with two attached hydrogens (primary N) is 1.